The second-order valence-electron chi connectivity index (χ2n) is 5.51. The summed E-state index contributed by atoms with van der Waals surface area (Å²) in [5, 5.41) is 0. The first-order valence-corrected chi connectivity index (χ1v) is 7.13. The molecule has 2 unspecified atom stereocenters. The van der Waals surface area contributed by atoms with Crippen molar-refractivity contribution in [1.29, 1.82) is 0 Å². The number of nitrogens with two attached hydrogens (primary N) is 1. The highest BCUT2D eigenvalue weighted by Gasteiger charge is 2.31. The minimum atomic E-state index is -0.829. The molecule has 21 heavy (non-hydrogen) atoms. The molecule has 0 fully saturated rings. The fourth-order valence-corrected chi connectivity index (χ4v) is 3.19. The Morgan fingerprint density at radius 2 is 1.95 bits per heavy atom. The van der Waals surface area contributed by atoms with Crippen LogP contribution in [0, 0.1) is 11.6 Å². The molecule has 1 aliphatic rings. The predicted molar refractivity (Wildman–Crippen MR) is 80.2 cm³/mol. The van der Waals surface area contributed by atoms with Crippen molar-refractivity contribution >= 4 is 5.69 Å². The summed E-state index contributed by atoms with van der Waals surface area (Å²) in [5.74, 6) is -1.66. The van der Waals surface area contributed by atoms with Crippen molar-refractivity contribution in [3.05, 3.63) is 65.2 Å². The van der Waals surface area contributed by atoms with E-state index in [-0.39, 0.29) is 12.1 Å². The lowest BCUT2D eigenvalue weighted by Gasteiger charge is -2.34. The Morgan fingerprint density at radius 3 is 2.67 bits per heavy atom. The number of benzene rings is 2. The van der Waals surface area contributed by atoms with E-state index in [1.807, 2.05) is 12.1 Å². The number of halogens is 2. The van der Waals surface area contributed by atoms with Gasteiger partial charge in [0.1, 0.15) is 0 Å². The Morgan fingerprint density at radius 1 is 1.19 bits per heavy atom. The van der Waals surface area contributed by atoms with Gasteiger partial charge in [-0.3, -0.25) is 0 Å². The standard InChI is InChI=1S/C17H18F2N2/c1-11-8-12-4-2-3-5-16(12)21(11)17(10-20)13-6-7-14(18)15(19)9-13/h2-7,9,11,17H,8,10,20H2,1H3. The highest BCUT2D eigenvalue weighted by molar-refractivity contribution is 5.61. The van der Waals surface area contributed by atoms with Crippen LogP contribution >= 0.6 is 0 Å². The molecule has 0 amide bonds. The van der Waals surface area contributed by atoms with Gasteiger partial charge in [-0.2, -0.15) is 0 Å². The maximum atomic E-state index is 13.5. The molecule has 0 radical (unpaired) electrons. The Bertz CT molecular complexity index is 657. The third-order valence-corrected chi connectivity index (χ3v) is 4.15. The van der Waals surface area contributed by atoms with E-state index in [0.29, 0.717) is 12.1 Å². The molecule has 2 aromatic rings. The number of anilines is 1. The Kier molecular flexibility index (Phi) is 3.64. The van der Waals surface area contributed by atoms with Crippen LogP contribution in [0.5, 0.6) is 0 Å². The van der Waals surface area contributed by atoms with Gasteiger partial charge in [-0.05, 0) is 42.7 Å². The van der Waals surface area contributed by atoms with Crippen molar-refractivity contribution in [2.45, 2.75) is 25.4 Å². The van der Waals surface area contributed by atoms with E-state index < -0.39 is 11.6 Å². The summed E-state index contributed by atoms with van der Waals surface area (Å²) in [4.78, 5) is 2.21. The van der Waals surface area contributed by atoms with E-state index in [9.17, 15) is 8.78 Å². The number of hydrogen-bond donors (Lipinski definition) is 1. The largest absolute Gasteiger partial charge is 0.360 e. The second-order valence-corrected chi connectivity index (χ2v) is 5.51. The van der Waals surface area contributed by atoms with Crippen LogP contribution in [0.2, 0.25) is 0 Å². The zero-order valence-electron chi connectivity index (χ0n) is 11.9. The van der Waals surface area contributed by atoms with Gasteiger partial charge in [0.15, 0.2) is 11.6 Å². The quantitative estimate of drug-likeness (QED) is 0.937. The molecule has 0 aromatic heterocycles. The van der Waals surface area contributed by atoms with Crippen molar-refractivity contribution in [3.63, 3.8) is 0 Å². The second kappa shape index (κ2) is 5.45. The number of para-hydroxylation sites is 1. The summed E-state index contributed by atoms with van der Waals surface area (Å²) in [6, 6.07) is 12.3. The lowest BCUT2D eigenvalue weighted by molar-refractivity contribution is 0.501. The highest BCUT2D eigenvalue weighted by Crippen LogP contribution is 2.38. The summed E-state index contributed by atoms with van der Waals surface area (Å²) in [7, 11) is 0. The van der Waals surface area contributed by atoms with Gasteiger partial charge in [-0.1, -0.05) is 24.3 Å². The average Bonchev–Trinajstić information content (AvgIpc) is 2.80. The molecule has 4 heteroatoms. The van der Waals surface area contributed by atoms with Crippen molar-refractivity contribution in [2.24, 2.45) is 5.73 Å². The summed E-state index contributed by atoms with van der Waals surface area (Å²) in [5.41, 5.74) is 9.04. The molecule has 3 rings (SSSR count). The molecular formula is C17H18F2N2. The minimum Gasteiger partial charge on any atom is -0.360 e. The van der Waals surface area contributed by atoms with Gasteiger partial charge in [-0.25, -0.2) is 8.78 Å². The van der Waals surface area contributed by atoms with Gasteiger partial charge in [0.25, 0.3) is 0 Å². The predicted octanol–water partition coefficient (Wildman–Crippen LogP) is 3.42. The zero-order chi connectivity index (χ0) is 15.0. The Labute approximate surface area is 123 Å². The van der Waals surface area contributed by atoms with Crippen molar-refractivity contribution < 1.29 is 8.78 Å². The van der Waals surface area contributed by atoms with E-state index in [2.05, 4.69) is 24.0 Å². The maximum Gasteiger partial charge on any atom is 0.159 e. The summed E-state index contributed by atoms with van der Waals surface area (Å²) in [6.07, 6.45) is 0.941. The maximum absolute atomic E-state index is 13.5. The molecule has 2 N–H and O–H groups in total. The molecule has 0 aliphatic carbocycles. The van der Waals surface area contributed by atoms with Gasteiger partial charge in [0, 0.05) is 18.3 Å². The number of nitrogens with zero attached hydrogens (tertiary/aromatic N) is 1. The number of hydrogen-bond acceptors (Lipinski definition) is 2. The van der Waals surface area contributed by atoms with E-state index in [1.54, 1.807) is 6.07 Å². The molecule has 0 saturated heterocycles. The van der Waals surface area contributed by atoms with E-state index >= 15 is 0 Å². The first-order chi connectivity index (χ1) is 10.1. The van der Waals surface area contributed by atoms with E-state index in [1.165, 1.54) is 17.7 Å². The molecule has 1 aliphatic heterocycles. The molecule has 2 atom stereocenters. The van der Waals surface area contributed by atoms with E-state index in [4.69, 9.17) is 5.73 Å². The molecule has 1 heterocycles. The van der Waals surface area contributed by atoms with Crippen molar-refractivity contribution in [3.8, 4) is 0 Å². The van der Waals surface area contributed by atoms with Crippen LogP contribution in [0.4, 0.5) is 14.5 Å². The molecule has 110 valence electrons. The third kappa shape index (κ3) is 2.40. The van der Waals surface area contributed by atoms with Gasteiger partial charge in [0.05, 0.1) is 6.04 Å². The fourth-order valence-electron chi connectivity index (χ4n) is 3.19. The van der Waals surface area contributed by atoms with Crippen LogP contribution in [0.15, 0.2) is 42.5 Å². The lowest BCUT2D eigenvalue weighted by Crippen LogP contribution is -2.37. The minimum absolute atomic E-state index is 0.154. The summed E-state index contributed by atoms with van der Waals surface area (Å²) < 4.78 is 26.7. The van der Waals surface area contributed by atoms with E-state index in [0.717, 1.165) is 12.1 Å². The average molecular weight is 288 g/mol. The molecule has 2 nitrogen and oxygen atoms in total. The van der Waals surface area contributed by atoms with Gasteiger partial charge in [0.2, 0.25) is 0 Å². The smallest absolute Gasteiger partial charge is 0.159 e. The highest BCUT2D eigenvalue weighted by atomic mass is 19.2. The SMILES string of the molecule is CC1Cc2ccccc2N1C(CN)c1ccc(F)c(F)c1. The number of rotatable bonds is 3. The van der Waals surface area contributed by atoms with Gasteiger partial charge < -0.3 is 10.6 Å². The molecular weight excluding hydrogens is 270 g/mol. The first-order valence-electron chi connectivity index (χ1n) is 7.13. The van der Waals surface area contributed by atoms with Crippen molar-refractivity contribution in [1.82, 2.24) is 0 Å². The molecule has 0 bridgehead atoms. The normalized spacial score (nSPS) is 18.7. The zero-order valence-corrected chi connectivity index (χ0v) is 11.9. The Hall–Kier alpha value is -1.94. The van der Waals surface area contributed by atoms with Gasteiger partial charge in [-0.15, -0.1) is 0 Å². The van der Waals surface area contributed by atoms with Crippen LogP contribution in [-0.4, -0.2) is 12.6 Å². The third-order valence-electron chi connectivity index (χ3n) is 4.15. The molecule has 0 saturated carbocycles. The summed E-state index contributed by atoms with van der Waals surface area (Å²) >= 11 is 0. The Balaban J connectivity index is 2.02. The van der Waals surface area contributed by atoms with Gasteiger partial charge >= 0.3 is 0 Å². The molecule has 2 aromatic carbocycles. The molecule has 0 spiro atoms. The van der Waals surface area contributed by atoms with Crippen molar-refractivity contribution in [2.75, 3.05) is 11.4 Å². The van der Waals surface area contributed by atoms with Crippen LogP contribution in [0.25, 0.3) is 0 Å². The first kappa shape index (κ1) is 14.0. The summed E-state index contributed by atoms with van der Waals surface area (Å²) in [6.45, 7) is 2.48. The lowest BCUT2D eigenvalue weighted by atomic mass is 10.0. The van der Waals surface area contributed by atoms with Crippen LogP contribution in [-0.2, 0) is 6.42 Å². The van der Waals surface area contributed by atoms with Crippen LogP contribution < -0.4 is 10.6 Å². The number of fused-ring (bicyclic) bond motifs is 1. The fraction of sp³-hybridized carbons (Fsp3) is 0.294. The topological polar surface area (TPSA) is 29.3 Å². The van der Waals surface area contributed by atoms with Crippen LogP contribution in [0.3, 0.4) is 0 Å². The van der Waals surface area contributed by atoms with Crippen LogP contribution in [0.1, 0.15) is 24.1 Å². The monoisotopic (exact) mass is 288 g/mol.